The maximum atomic E-state index is 11.5. The van der Waals surface area contributed by atoms with Crippen molar-refractivity contribution >= 4 is 33.4 Å². The zero-order valence-electron chi connectivity index (χ0n) is 18.9. The van der Waals surface area contributed by atoms with Crippen LogP contribution in [0.2, 0.25) is 0 Å². The Hall–Kier alpha value is -3.47. The molecule has 2 heterocycles. The highest BCUT2D eigenvalue weighted by atomic mass is 32.1. The van der Waals surface area contributed by atoms with E-state index in [1.165, 1.54) is 0 Å². The second-order valence-electron chi connectivity index (χ2n) is 7.48. The smallest absolute Gasteiger partial charge is 0.160 e. The summed E-state index contributed by atoms with van der Waals surface area (Å²) in [4.78, 5) is 16.7. The molecule has 0 amide bonds. The number of nitrogens with zero attached hydrogens (tertiary/aromatic N) is 3. The van der Waals surface area contributed by atoms with Crippen molar-refractivity contribution in [3.8, 4) is 6.07 Å². The van der Waals surface area contributed by atoms with Crippen molar-refractivity contribution in [2.45, 2.75) is 39.8 Å². The van der Waals surface area contributed by atoms with Gasteiger partial charge in [0.25, 0.3) is 0 Å². The van der Waals surface area contributed by atoms with Gasteiger partial charge in [-0.15, -0.1) is 11.3 Å². The predicted octanol–water partition coefficient (Wildman–Crippen LogP) is 5.39. The maximum Gasteiger partial charge on any atom is 0.160 e. The molecule has 0 aliphatic heterocycles. The number of nitrogens with one attached hydrogen (secondary N) is 1. The first kappa shape index (κ1) is 24.2. The molecule has 0 spiro atoms. The normalized spacial score (nSPS) is 10.4. The van der Waals surface area contributed by atoms with Crippen molar-refractivity contribution in [2.75, 3.05) is 11.9 Å². The molecule has 2 aromatic heterocycles. The number of fused-ring (bicyclic) bond motifs is 1. The van der Waals surface area contributed by atoms with E-state index in [4.69, 9.17) is 10.4 Å². The molecule has 0 aliphatic rings. The molecule has 2 aromatic carbocycles. The first-order chi connectivity index (χ1) is 16.1. The SMILES string of the molecule is CCCc1c(C=O)sc2cccc(NCc3cncn3Cc3ccc(C#N)cc3)c12.CCO. The van der Waals surface area contributed by atoms with Gasteiger partial charge in [-0.05, 0) is 48.7 Å². The van der Waals surface area contributed by atoms with Crippen LogP contribution in [0.1, 0.15) is 52.3 Å². The molecule has 0 atom stereocenters. The summed E-state index contributed by atoms with van der Waals surface area (Å²) in [7, 11) is 0. The Balaban J connectivity index is 0.000000968. The number of thiophene rings is 1. The second kappa shape index (κ2) is 12.0. The van der Waals surface area contributed by atoms with Gasteiger partial charge in [-0.3, -0.25) is 4.79 Å². The summed E-state index contributed by atoms with van der Waals surface area (Å²) in [6, 6.07) is 15.9. The topological polar surface area (TPSA) is 90.9 Å². The number of aliphatic hydroxyl groups excluding tert-OH is 1. The van der Waals surface area contributed by atoms with Gasteiger partial charge >= 0.3 is 0 Å². The summed E-state index contributed by atoms with van der Waals surface area (Å²) in [5.74, 6) is 0. The van der Waals surface area contributed by atoms with E-state index in [1.54, 1.807) is 18.3 Å². The molecule has 170 valence electrons. The summed E-state index contributed by atoms with van der Waals surface area (Å²) >= 11 is 1.56. The largest absolute Gasteiger partial charge is 0.397 e. The average molecular weight is 461 g/mol. The van der Waals surface area contributed by atoms with Crippen LogP contribution in [0.5, 0.6) is 0 Å². The Morgan fingerprint density at radius 2 is 1.97 bits per heavy atom. The molecule has 4 rings (SSSR count). The van der Waals surface area contributed by atoms with Gasteiger partial charge in [-0.1, -0.05) is 31.5 Å². The molecule has 4 aromatic rings. The highest BCUT2D eigenvalue weighted by Gasteiger charge is 2.14. The molecule has 0 radical (unpaired) electrons. The Kier molecular flexibility index (Phi) is 8.76. The van der Waals surface area contributed by atoms with Crippen LogP contribution in [0, 0.1) is 11.3 Å². The summed E-state index contributed by atoms with van der Waals surface area (Å²) in [6.07, 6.45) is 6.56. The highest BCUT2D eigenvalue weighted by molar-refractivity contribution is 7.20. The van der Waals surface area contributed by atoms with Gasteiger partial charge in [-0.25, -0.2) is 4.98 Å². The molecule has 0 bridgehead atoms. The Bertz CT molecular complexity index is 1240. The molecule has 7 heteroatoms. The minimum Gasteiger partial charge on any atom is -0.397 e. The Morgan fingerprint density at radius 3 is 2.64 bits per heavy atom. The molecular weight excluding hydrogens is 432 g/mol. The van der Waals surface area contributed by atoms with Gasteiger partial charge in [0.05, 0.1) is 35.1 Å². The molecular formula is C26H28N4O2S. The van der Waals surface area contributed by atoms with Crippen LogP contribution in [0.3, 0.4) is 0 Å². The van der Waals surface area contributed by atoms with Crippen molar-refractivity contribution in [1.82, 2.24) is 9.55 Å². The Labute approximate surface area is 198 Å². The van der Waals surface area contributed by atoms with E-state index in [2.05, 4.69) is 40.0 Å². The Morgan fingerprint density at radius 1 is 1.21 bits per heavy atom. The average Bonchev–Trinajstić information content (AvgIpc) is 3.43. The molecule has 6 nitrogen and oxygen atoms in total. The summed E-state index contributed by atoms with van der Waals surface area (Å²) in [6.45, 7) is 5.39. The van der Waals surface area contributed by atoms with E-state index in [0.717, 1.165) is 56.6 Å². The lowest BCUT2D eigenvalue weighted by Crippen LogP contribution is -2.08. The van der Waals surface area contributed by atoms with E-state index in [1.807, 2.05) is 42.9 Å². The third-order valence-corrected chi connectivity index (χ3v) is 6.27. The number of benzene rings is 2. The van der Waals surface area contributed by atoms with Gasteiger partial charge in [0.1, 0.15) is 0 Å². The second-order valence-corrected chi connectivity index (χ2v) is 8.57. The number of imidazole rings is 1. The van der Waals surface area contributed by atoms with Crippen molar-refractivity contribution in [1.29, 1.82) is 5.26 Å². The predicted molar refractivity (Wildman–Crippen MR) is 134 cm³/mol. The lowest BCUT2D eigenvalue weighted by Gasteiger charge is -2.12. The van der Waals surface area contributed by atoms with E-state index in [0.29, 0.717) is 18.7 Å². The fraction of sp³-hybridized carbons (Fsp3) is 0.269. The zero-order valence-corrected chi connectivity index (χ0v) is 19.7. The van der Waals surface area contributed by atoms with Crippen LogP contribution in [0.15, 0.2) is 55.0 Å². The third kappa shape index (κ3) is 5.86. The van der Waals surface area contributed by atoms with Crippen LogP contribution in [-0.2, 0) is 19.5 Å². The van der Waals surface area contributed by atoms with Crippen molar-refractivity contribution in [3.63, 3.8) is 0 Å². The highest BCUT2D eigenvalue weighted by Crippen LogP contribution is 2.36. The van der Waals surface area contributed by atoms with Crippen LogP contribution < -0.4 is 5.32 Å². The molecule has 0 aliphatic carbocycles. The standard InChI is InChI=1S/C24H22N4OS.C2H6O/c1-2-4-20-23(15-29)30-22-6-3-5-21(24(20)22)27-13-19-12-26-16-28(19)14-18-9-7-17(11-25)8-10-18;1-2-3/h3,5-10,12,15-16,27H,2,4,13-14H2,1H3;3H,2H2,1H3. The summed E-state index contributed by atoms with van der Waals surface area (Å²) in [5, 5.41) is 21.2. The number of anilines is 1. The molecule has 0 unspecified atom stereocenters. The number of aryl methyl sites for hydroxylation is 1. The number of nitriles is 1. The number of hydrogen-bond acceptors (Lipinski definition) is 6. The van der Waals surface area contributed by atoms with Gasteiger partial charge in [0.2, 0.25) is 0 Å². The monoisotopic (exact) mass is 460 g/mol. The van der Waals surface area contributed by atoms with Gasteiger partial charge in [0, 0.05) is 35.1 Å². The number of hydrogen-bond donors (Lipinski definition) is 2. The van der Waals surface area contributed by atoms with Crippen molar-refractivity contribution < 1.29 is 9.90 Å². The van der Waals surface area contributed by atoms with Crippen LogP contribution in [-0.4, -0.2) is 27.6 Å². The molecule has 2 N–H and O–H groups in total. The lowest BCUT2D eigenvalue weighted by atomic mass is 10.0. The van der Waals surface area contributed by atoms with E-state index >= 15 is 0 Å². The van der Waals surface area contributed by atoms with Gasteiger partial charge < -0.3 is 15.0 Å². The number of carbonyl (C=O) groups is 1. The zero-order chi connectivity index (χ0) is 23.6. The molecule has 0 saturated carbocycles. The summed E-state index contributed by atoms with van der Waals surface area (Å²) in [5.41, 5.74) is 5.04. The van der Waals surface area contributed by atoms with E-state index in [-0.39, 0.29) is 6.61 Å². The minimum absolute atomic E-state index is 0.250. The number of aldehydes is 1. The fourth-order valence-corrected chi connectivity index (χ4v) is 4.77. The van der Waals surface area contributed by atoms with Crippen LogP contribution in [0.25, 0.3) is 10.1 Å². The number of aromatic nitrogens is 2. The van der Waals surface area contributed by atoms with Gasteiger partial charge in [0.15, 0.2) is 6.29 Å². The van der Waals surface area contributed by atoms with Gasteiger partial charge in [-0.2, -0.15) is 5.26 Å². The van der Waals surface area contributed by atoms with E-state index in [9.17, 15) is 4.79 Å². The number of rotatable bonds is 8. The van der Waals surface area contributed by atoms with Crippen LogP contribution >= 0.6 is 11.3 Å². The van der Waals surface area contributed by atoms with Crippen molar-refractivity contribution in [3.05, 3.63) is 82.3 Å². The van der Waals surface area contributed by atoms with Crippen molar-refractivity contribution in [2.24, 2.45) is 0 Å². The lowest BCUT2D eigenvalue weighted by molar-refractivity contribution is 0.112. The quantitative estimate of drug-likeness (QED) is 0.344. The van der Waals surface area contributed by atoms with Crippen LogP contribution in [0.4, 0.5) is 5.69 Å². The van der Waals surface area contributed by atoms with E-state index < -0.39 is 0 Å². The number of carbonyl (C=O) groups excluding carboxylic acids is 1. The first-order valence-electron chi connectivity index (χ1n) is 11.0. The summed E-state index contributed by atoms with van der Waals surface area (Å²) < 4.78 is 3.24. The molecule has 33 heavy (non-hydrogen) atoms. The minimum atomic E-state index is 0.250. The third-order valence-electron chi connectivity index (χ3n) is 5.15. The number of aliphatic hydroxyl groups is 1. The molecule has 0 saturated heterocycles. The first-order valence-corrected chi connectivity index (χ1v) is 11.8. The fourth-order valence-electron chi connectivity index (χ4n) is 3.68. The molecule has 0 fully saturated rings. The maximum absolute atomic E-state index is 11.5.